The number of fused-ring (bicyclic) bond motifs is 5. The number of hydrogen-bond acceptors (Lipinski definition) is 6. The van der Waals surface area contributed by atoms with Gasteiger partial charge in [0.1, 0.15) is 18.8 Å². The molecule has 0 aromatic carbocycles. The summed E-state index contributed by atoms with van der Waals surface area (Å²) < 4.78 is 16.6. The molecule has 0 bridgehead atoms. The van der Waals surface area contributed by atoms with Gasteiger partial charge in [-0.2, -0.15) is 0 Å². The van der Waals surface area contributed by atoms with Crippen LogP contribution in [0.2, 0.25) is 0 Å². The van der Waals surface area contributed by atoms with E-state index in [2.05, 4.69) is 19.9 Å². The van der Waals surface area contributed by atoms with E-state index in [0.717, 1.165) is 44.9 Å². The van der Waals surface area contributed by atoms with Crippen molar-refractivity contribution in [3.05, 3.63) is 11.6 Å². The highest BCUT2D eigenvalue weighted by atomic mass is 16.6. The van der Waals surface area contributed by atoms with E-state index in [1.807, 2.05) is 0 Å². The van der Waals surface area contributed by atoms with Crippen molar-refractivity contribution in [1.82, 2.24) is 0 Å². The lowest BCUT2D eigenvalue weighted by molar-refractivity contribution is -0.165. The average molecular weight is 461 g/mol. The Bertz CT molecular complexity index is 832. The monoisotopic (exact) mass is 460 g/mol. The molecule has 0 N–H and O–H groups in total. The molecule has 0 saturated heterocycles. The highest BCUT2D eigenvalue weighted by molar-refractivity contribution is 5.67. The number of rotatable bonds is 5. The summed E-state index contributed by atoms with van der Waals surface area (Å²) in [6, 6.07) is 0. The molecule has 33 heavy (non-hydrogen) atoms. The van der Waals surface area contributed by atoms with Crippen LogP contribution in [0.25, 0.3) is 0 Å². The van der Waals surface area contributed by atoms with Crippen LogP contribution in [-0.4, -0.2) is 36.7 Å². The van der Waals surface area contributed by atoms with Crippen LogP contribution in [0.3, 0.4) is 0 Å². The molecular weight excluding hydrogens is 420 g/mol. The second kappa shape index (κ2) is 9.07. The molecule has 4 aliphatic carbocycles. The minimum absolute atomic E-state index is 0.0221. The topological polar surface area (TPSA) is 78.9 Å². The van der Waals surface area contributed by atoms with Crippen LogP contribution in [0.4, 0.5) is 0 Å². The maximum Gasteiger partial charge on any atom is 0.303 e. The Morgan fingerprint density at radius 1 is 0.970 bits per heavy atom. The van der Waals surface area contributed by atoms with Gasteiger partial charge in [0.15, 0.2) is 0 Å². The van der Waals surface area contributed by atoms with Crippen LogP contribution in [0.15, 0.2) is 11.6 Å². The van der Waals surface area contributed by atoms with Crippen molar-refractivity contribution in [2.45, 2.75) is 98.2 Å². The van der Waals surface area contributed by atoms with E-state index in [0.29, 0.717) is 17.8 Å². The molecule has 4 rings (SSSR count). The van der Waals surface area contributed by atoms with Crippen molar-refractivity contribution in [1.29, 1.82) is 0 Å². The van der Waals surface area contributed by atoms with Crippen molar-refractivity contribution in [2.75, 3.05) is 6.61 Å². The van der Waals surface area contributed by atoms with Gasteiger partial charge in [0.25, 0.3) is 0 Å². The van der Waals surface area contributed by atoms with Crippen LogP contribution in [-0.2, 0) is 28.6 Å². The summed E-state index contributed by atoms with van der Waals surface area (Å²) in [7, 11) is 0. The molecule has 6 heteroatoms. The fraction of sp³-hybridized carbons (Fsp3) is 0.815. The molecule has 3 fully saturated rings. The van der Waals surface area contributed by atoms with Gasteiger partial charge < -0.3 is 14.2 Å². The Balaban J connectivity index is 1.54. The molecule has 0 aromatic heterocycles. The van der Waals surface area contributed by atoms with Gasteiger partial charge in [0, 0.05) is 33.1 Å². The predicted octanol–water partition coefficient (Wildman–Crippen LogP) is 4.99. The van der Waals surface area contributed by atoms with Crippen molar-refractivity contribution in [3.8, 4) is 0 Å². The molecular formula is C27H40O6. The number of esters is 3. The van der Waals surface area contributed by atoms with Crippen LogP contribution < -0.4 is 0 Å². The predicted molar refractivity (Wildman–Crippen MR) is 123 cm³/mol. The van der Waals surface area contributed by atoms with Gasteiger partial charge in [-0.05, 0) is 73.5 Å². The molecule has 0 aromatic rings. The molecule has 8 atom stereocenters. The van der Waals surface area contributed by atoms with Gasteiger partial charge >= 0.3 is 17.9 Å². The standard InChI is InChI=1S/C27H40O6/c1-16(28)31-15-25(33-18(3)30)24-9-8-22-21-7-6-19-14-20(32-17(2)29)10-12-26(19,4)23(21)11-13-27(22,24)5/h6,20-25H,7-15H2,1-5H3. The second-order valence-electron chi connectivity index (χ2n) is 11.4. The first-order valence-electron chi connectivity index (χ1n) is 12.7. The Morgan fingerprint density at radius 3 is 2.39 bits per heavy atom. The third-order valence-electron chi connectivity index (χ3n) is 9.68. The quantitative estimate of drug-likeness (QED) is 0.327. The van der Waals surface area contributed by atoms with Gasteiger partial charge in [-0.25, -0.2) is 0 Å². The third kappa shape index (κ3) is 4.46. The lowest BCUT2D eigenvalue weighted by Gasteiger charge is -2.58. The summed E-state index contributed by atoms with van der Waals surface area (Å²) in [6.45, 7) is 9.31. The summed E-state index contributed by atoms with van der Waals surface area (Å²) in [4.78, 5) is 34.8. The largest absolute Gasteiger partial charge is 0.462 e. The first-order chi connectivity index (χ1) is 15.5. The second-order valence-corrected chi connectivity index (χ2v) is 11.4. The molecule has 0 radical (unpaired) electrons. The highest BCUT2D eigenvalue weighted by Crippen LogP contribution is 2.66. The Labute approximate surface area is 197 Å². The highest BCUT2D eigenvalue weighted by Gasteiger charge is 2.60. The molecule has 0 heterocycles. The summed E-state index contributed by atoms with van der Waals surface area (Å²) in [6.07, 6.45) is 10.5. The molecule has 3 saturated carbocycles. The van der Waals surface area contributed by atoms with Crippen LogP contribution in [0.1, 0.15) is 86.0 Å². The van der Waals surface area contributed by atoms with E-state index in [1.54, 1.807) is 0 Å². The van der Waals surface area contributed by atoms with Crippen molar-refractivity contribution in [3.63, 3.8) is 0 Å². The molecule has 6 nitrogen and oxygen atoms in total. The first kappa shape index (κ1) is 24.3. The number of ether oxygens (including phenoxy) is 3. The third-order valence-corrected chi connectivity index (χ3v) is 9.68. The molecule has 4 aliphatic rings. The number of carbonyl (C=O) groups excluding carboxylic acids is 3. The minimum atomic E-state index is -0.373. The summed E-state index contributed by atoms with van der Waals surface area (Å²) in [5.74, 6) is 1.24. The minimum Gasteiger partial charge on any atom is -0.462 e. The van der Waals surface area contributed by atoms with E-state index < -0.39 is 0 Å². The number of carbonyl (C=O) groups is 3. The Hall–Kier alpha value is -1.85. The van der Waals surface area contributed by atoms with E-state index in [9.17, 15) is 14.4 Å². The van der Waals surface area contributed by atoms with Crippen molar-refractivity contribution < 1.29 is 28.6 Å². The molecule has 8 unspecified atom stereocenters. The first-order valence-corrected chi connectivity index (χ1v) is 12.7. The van der Waals surface area contributed by atoms with Crippen LogP contribution >= 0.6 is 0 Å². The van der Waals surface area contributed by atoms with Crippen LogP contribution in [0.5, 0.6) is 0 Å². The lowest BCUT2D eigenvalue weighted by atomic mass is 9.47. The molecule has 0 spiro atoms. The fourth-order valence-electron chi connectivity index (χ4n) is 8.26. The van der Waals surface area contributed by atoms with Crippen molar-refractivity contribution in [2.24, 2.45) is 34.5 Å². The lowest BCUT2D eigenvalue weighted by Crippen LogP contribution is -2.52. The average Bonchev–Trinajstić information content (AvgIpc) is 3.08. The smallest absolute Gasteiger partial charge is 0.303 e. The molecule has 0 amide bonds. The zero-order valence-corrected chi connectivity index (χ0v) is 20.9. The zero-order valence-electron chi connectivity index (χ0n) is 20.9. The van der Waals surface area contributed by atoms with Gasteiger partial charge in [-0.3, -0.25) is 14.4 Å². The summed E-state index contributed by atoms with van der Waals surface area (Å²) >= 11 is 0. The Morgan fingerprint density at radius 2 is 1.73 bits per heavy atom. The van der Waals surface area contributed by atoms with Gasteiger partial charge in [0.05, 0.1) is 0 Å². The van der Waals surface area contributed by atoms with Crippen LogP contribution in [0, 0.1) is 34.5 Å². The molecule has 184 valence electrons. The number of hydrogen-bond donors (Lipinski definition) is 0. The maximum atomic E-state index is 11.8. The zero-order chi connectivity index (χ0) is 24.0. The van der Waals surface area contributed by atoms with E-state index in [1.165, 1.54) is 32.8 Å². The Kier molecular flexibility index (Phi) is 6.67. The van der Waals surface area contributed by atoms with Crippen molar-refractivity contribution >= 4 is 17.9 Å². The fourth-order valence-corrected chi connectivity index (χ4v) is 8.26. The van der Waals surface area contributed by atoms with Gasteiger partial charge in [0.2, 0.25) is 0 Å². The van der Waals surface area contributed by atoms with E-state index in [4.69, 9.17) is 14.2 Å². The number of allylic oxidation sites excluding steroid dienone is 1. The molecule has 0 aliphatic heterocycles. The normalized spacial score (nSPS) is 40.4. The maximum absolute atomic E-state index is 11.8. The summed E-state index contributed by atoms with van der Waals surface area (Å²) in [5, 5.41) is 0. The van der Waals surface area contributed by atoms with Gasteiger partial charge in [-0.1, -0.05) is 25.5 Å². The van der Waals surface area contributed by atoms with E-state index >= 15 is 0 Å². The SMILES string of the molecule is CC(=O)OCC(OC(C)=O)C1CCC2C3CC=C4CC(OC(C)=O)CCC4(C)C3CCC12C. The van der Waals surface area contributed by atoms with E-state index in [-0.39, 0.29) is 53.5 Å². The van der Waals surface area contributed by atoms with Gasteiger partial charge in [-0.15, -0.1) is 0 Å². The summed E-state index contributed by atoms with van der Waals surface area (Å²) in [5.41, 5.74) is 1.76.